The van der Waals surface area contributed by atoms with Crippen LogP contribution >= 0.6 is 11.6 Å². The lowest BCUT2D eigenvalue weighted by Gasteiger charge is -2.17. The molecule has 0 saturated carbocycles. The van der Waals surface area contributed by atoms with Crippen molar-refractivity contribution in [2.75, 3.05) is 7.05 Å². The van der Waals surface area contributed by atoms with Gasteiger partial charge >= 0.3 is 0 Å². The summed E-state index contributed by atoms with van der Waals surface area (Å²) in [6.45, 7) is 2.01. The topological polar surface area (TPSA) is 24.9 Å². The molecule has 0 spiro atoms. The number of hydrogen-bond donors (Lipinski definition) is 1. The van der Waals surface area contributed by atoms with Gasteiger partial charge in [0.1, 0.15) is 0 Å². The third-order valence-electron chi connectivity index (χ3n) is 3.02. The second kappa shape index (κ2) is 5.98. The number of pyridine rings is 1. The summed E-state index contributed by atoms with van der Waals surface area (Å²) in [6, 6.07) is 12.5. The fraction of sp³-hybridized carbons (Fsp3) is 0.267. The van der Waals surface area contributed by atoms with Crippen LogP contribution in [-0.2, 0) is 6.42 Å². The van der Waals surface area contributed by atoms with E-state index in [-0.39, 0.29) is 0 Å². The van der Waals surface area contributed by atoms with Crippen LogP contribution in [-0.4, -0.2) is 12.0 Å². The largest absolute Gasteiger partial charge is 0.313 e. The van der Waals surface area contributed by atoms with E-state index in [1.54, 1.807) is 0 Å². The zero-order valence-electron chi connectivity index (χ0n) is 10.7. The van der Waals surface area contributed by atoms with Crippen molar-refractivity contribution < 1.29 is 0 Å². The summed E-state index contributed by atoms with van der Waals surface area (Å²) in [5.74, 6) is 0. The first kappa shape index (κ1) is 13.1. The third kappa shape index (κ3) is 3.31. The van der Waals surface area contributed by atoms with Crippen molar-refractivity contribution in [1.82, 2.24) is 10.3 Å². The van der Waals surface area contributed by atoms with E-state index in [0.29, 0.717) is 6.04 Å². The predicted octanol–water partition coefficient (Wildman–Crippen LogP) is 3.55. The van der Waals surface area contributed by atoms with E-state index in [9.17, 15) is 0 Å². The Hall–Kier alpha value is -1.38. The van der Waals surface area contributed by atoms with Crippen LogP contribution < -0.4 is 5.32 Å². The Morgan fingerprint density at radius 1 is 1.22 bits per heavy atom. The average molecular weight is 261 g/mol. The SMILES string of the molecule is CNC(Cc1ccc(Cl)cc1)c1ccnc(C)c1. The minimum absolute atomic E-state index is 0.299. The minimum Gasteiger partial charge on any atom is -0.313 e. The fourth-order valence-corrected chi connectivity index (χ4v) is 2.15. The highest BCUT2D eigenvalue weighted by Crippen LogP contribution is 2.19. The molecule has 1 N–H and O–H groups in total. The molecule has 2 rings (SSSR count). The number of aryl methyl sites for hydroxylation is 1. The zero-order chi connectivity index (χ0) is 13.0. The van der Waals surface area contributed by atoms with Crippen LogP contribution in [0.4, 0.5) is 0 Å². The number of rotatable bonds is 4. The lowest BCUT2D eigenvalue weighted by molar-refractivity contribution is 0.591. The molecule has 3 heteroatoms. The summed E-state index contributed by atoms with van der Waals surface area (Å²) >= 11 is 5.90. The van der Waals surface area contributed by atoms with Gasteiger partial charge in [0.2, 0.25) is 0 Å². The number of hydrogen-bond acceptors (Lipinski definition) is 2. The van der Waals surface area contributed by atoms with Gasteiger partial charge in [0.25, 0.3) is 0 Å². The van der Waals surface area contributed by atoms with E-state index in [2.05, 4.69) is 34.6 Å². The highest BCUT2D eigenvalue weighted by atomic mass is 35.5. The number of likely N-dealkylation sites (N-methyl/N-ethyl adjacent to an activating group) is 1. The van der Waals surface area contributed by atoms with Gasteiger partial charge in [0.15, 0.2) is 0 Å². The molecule has 1 heterocycles. The van der Waals surface area contributed by atoms with Crippen molar-refractivity contribution >= 4 is 11.6 Å². The summed E-state index contributed by atoms with van der Waals surface area (Å²) in [4.78, 5) is 4.23. The summed E-state index contributed by atoms with van der Waals surface area (Å²) in [7, 11) is 1.98. The summed E-state index contributed by atoms with van der Waals surface area (Å²) in [5, 5.41) is 4.13. The Morgan fingerprint density at radius 2 is 1.94 bits per heavy atom. The first-order valence-corrected chi connectivity index (χ1v) is 6.41. The molecule has 0 aliphatic carbocycles. The molecule has 1 atom stereocenters. The molecular weight excluding hydrogens is 244 g/mol. The average Bonchev–Trinajstić information content (AvgIpc) is 2.38. The Kier molecular flexibility index (Phi) is 4.34. The molecule has 0 aliphatic rings. The molecule has 1 aromatic heterocycles. The van der Waals surface area contributed by atoms with Gasteiger partial charge in [0, 0.05) is 23.0 Å². The molecule has 0 radical (unpaired) electrons. The molecule has 0 fully saturated rings. The summed E-state index contributed by atoms with van der Waals surface area (Å²) < 4.78 is 0. The molecule has 0 bridgehead atoms. The quantitative estimate of drug-likeness (QED) is 0.910. The molecule has 1 aromatic carbocycles. The number of aromatic nitrogens is 1. The van der Waals surface area contributed by atoms with Gasteiger partial charge in [-0.05, 0) is 55.8 Å². The normalized spacial score (nSPS) is 12.4. The van der Waals surface area contributed by atoms with E-state index in [0.717, 1.165) is 17.1 Å². The lowest BCUT2D eigenvalue weighted by atomic mass is 9.99. The maximum absolute atomic E-state index is 5.90. The first-order chi connectivity index (χ1) is 8.69. The van der Waals surface area contributed by atoms with Gasteiger partial charge in [-0.2, -0.15) is 0 Å². The third-order valence-corrected chi connectivity index (χ3v) is 3.28. The zero-order valence-corrected chi connectivity index (χ0v) is 11.4. The van der Waals surface area contributed by atoms with Crippen LogP contribution in [0.15, 0.2) is 42.6 Å². The van der Waals surface area contributed by atoms with Crippen LogP contribution in [0.5, 0.6) is 0 Å². The van der Waals surface area contributed by atoms with Crippen LogP contribution in [0.1, 0.15) is 22.9 Å². The van der Waals surface area contributed by atoms with Gasteiger partial charge < -0.3 is 5.32 Å². The maximum Gasteiger partial charge on any atom is 0.0406 e. The number of benzene rings is 1. The highest BCUT2D eigenvalue weighted by molar-refractivity contribution is 6.30. The Labute approximate surface area is 113 Å². The van der Waals surface area contributed by atoms with Crippen LogP contribution in [0.25, 0.3) is 0 Å². The molecule has 1 unspecified atom stereocenters. The lowest BCUT2D eigenvalue weighted by Crippen LogP contribution is -2.19. The van der Waals surface area contributed by atoms with E-state index < -0.39 is 0 Å². The van der Waals surface area contributed by atoms with E-state index in [1.165, 1.54) is 11.1 Å². The minimum atomic E-state index is 0.299. The predicted molar refractivity (Wildman–Crippen MR) is 75.9 cm³/mol. The second-order valence-electron chi connectivity index (χ2n) is 4.40. The Bertz CT molecular complexity index is 508. The number of nitrogens with one attached hydrogen (secondary N) is 1. The number of halogens is 1. The molecule has 18 heavy (non-hydrogen) atoms. The maximum atomic E-state index is 5.90. The molecule has 2 aromatic rings. The summed E-state index contributed by atoms with van der Waals surface area (Å²) in [6.07, 6.45) is 2.80. The number of nitrogens with zero attached hydrogens (tertiary/aromatic N) is 1. The van der Waals surface area contributed by atoms with Gasteiger partial charge in [-0.25, -0.2) is 0 Å². The van der Waals surface area contributed by atoms with Crippen molar-refractivity contribution in [2.45, 2.75) is 19.4 Å². The highest BCUT2D eigenvalue weighted by Gasteiger charge is 2.10. The monoisotopic (exact) mass is 260 g/mol. The Balaban J connectivity index is 2.17. The van der Waals surface area contributed by atoms with Crippen molar-refractivity contribution in [1.29, 1.82) is 0 Å². The molecule has 94 valence electrons. The molecule has 2 nitrogen and oxygen atoms in total. The molecule has 0 saturated heterocycles. The van der Waals surface area contributed by atoms with Gasteiger partial charge in [-0.1, -0.05) is 23.7 Å². The Morgan fingerprint density at radius 3 is 2.56 bits per heavy atom. The van der Waals surface area contributed by atoms with E-state index in [1.807, 2.05) is 32.3 Å². The van der Waals surface area contributed by atoms with E-state index >= 15 is 0 Å². The first-order valence-electron chi connectivity index (χ1n) is 6.03. The molecular formula is C15H17ClN2. The van der Waals surface area contributed by atoms with Gasteiger partial charge in [-0.3, -0.25) is 4.98 Å². The van der Waals surface area contributed by atoms with Crippen molar-refractivity contribution in [3.8, 4) is 0 Å². The van der Waals surface area contributed by atoms with Crippen LogP contribution in [0.3, 0.4) is 0 Å². The van der Waals surface area contributed by atoms with E-state index in [4.69, 9.17) is 11.6 Å². The second-order valence-corrected chi connectivity index (χ2v) is 4.84. The standard InChI is InChI=1S/C15H17ClN2/c1-11-9-13(7-8-18-11)15(17-2)10-12-3-5-14(16)6-4-12/h3-9,15,17H,10H2,1-2H3. The summed E-state index contributed by atoms with van der Waals surface area (Å²) in [5.41, 5.74) is 3.58. The molecule has 0 amide bonds. The van der Waals surface area contributed by atoms with Crippen molar-refractivity contribution in [3.63, 3.8) is 0 Å². The van der Waals surface area contributed by atoms with Crippen LogP contribution in [0.2, 0.25) is 5.02 Å². The smallest absolute Gasteiger partial charge is 0.0406 e. The van der Waals surface area contributed by atoms with Gasteiger partial charge in [-0.15, -0.1) is 0 Å². The van der Waals surface area contributed by atoms with Crippen LogP contribution in [0, 0.1) is 6.92 Å². The van der Waals surface area contributed by atoms with Gasteiger partial charge in [0.05, 0.1) is 0 Å². The molecule has 0 aliphatic heterocycles. The van der Waals surface area contributed by atoms with Crippen molar-refractivity contribution in [3.05, 3.63) is 64.4 Å². The van der Waals surface area contributed by atoms with Crippen molar-refractivity contribution in [2.24, 2.45) is 0 Å². The fourth-order valence-electron chi connectivity index (χ4n) is 2.03.